The zero-order valence-electron chi connectivity index (χ0n) is 12.8. The van der Waals surface area contributed by atoms with Gasteiger partial charge in [-0.1, -0.05) is 48.5 Å². The number of anilines is 1. The Morgan fingerprint density at radius 2 is 1.75 bits per heavy atom. The van der Waals surface area contributed by atoms with Gasteiger partial charge in [0.05, 0.1) is 6.04 Å². The zero-order valence-corrected chi connectivity index (χ0v) is 13.7. The minimum Gasteiger partial charge on any atom is -0.375 e. The summed E-state index contributed by atoms with van der Waals surface area (Å²) in [6, 6.07) is 18.5. The van der Waals surface area contributed by atoms with Crippen LogP contribution in [-0.2, 0) is 4.79 Å². The van der Waals surface area contributed by atoms with Gasteiger partial charge in [0, 0.05) is 12.1 Å². The molecule has 0 aromatic heterocycles. The average molecular weight is 342 g/mol. The van der Waals surface area contributed by atoms with Crippen molar-refractivity contribution >= 4 is 28.9 Å². The lowest BCUT2D eigenvalue weighted by Crippen LogP contribution is -2.59. The molecule has 1 amide bonds. The molecule has 6 nitrogen and oxygen atoms in total. The Labute approximate surface area is 145 Å². The van der Waals surface area contributed by atoms with Gasteiger partial charge in [0.2, 0.25) is 5.72 Å². The molecule has 0 saturated carbocycles. The fourth-order valence-electron chi connectivity index (χ4n) is 2.90. The smallest absolute Gasteiger partial charge is 0.276 e. The number of carbonyl (C=O) groups is 1. The van der Waals surface area contributed by atoms with E-state index in [1.165, 1.54) is 0 Å². The summed E-state index contributed by atoms with van der Waals surface area (Å²) in [6.07, 6.45) is 0.153. The van der Waals surface area contributed by atoms with Crippen LogP contribution in [0, 0.1) is 0 Å². The largest absolute Gasteiger partial charge is 0.375 e. The van der Waals surface area contributed by atoms with Crippen LogP contribution >= 0.6 is 12.2 Å². The van der Waals surface area contributed by atoms with Crippen molar-refractivity contribution < 1.29 is 9.90 Å². The molecule has 3 rings (SSSR count). The van der Waals surface area contributed by atoms with Gasteiger partial charge >= 0.3 is 0 Å². The third kappa shape index (κ3) is 3.09. The van der Waals surface area contributed by atoms with Crippen LogP contribution in [0.15, 0.2) is 60.7 Å². The highest BCUT2D eigenvalue weighted by Crippen LogP contribution is 2.40. The zero-order chi connectivity index (χ0) is 17.2. The maximum absolute atomic E-state index is 12.9. The lowest BCUT2D eigenvalue weighted by Gasteiger charge is -2.25. The number of thiocarbonyl (C=S) groups is 1. The van der Waals surface area contributed by atoms with Crippen molar-refractivity contribution in [1.29, 1.82) is 0 Å². The molecular formula is C17H18N4O2S. The molecule has 0 aliphatic carbocycles. The molecule has 24 heavy (non-hydrogen) atoms. The predicted octanol–water partition coefficient (Wildman–Crippen LogP) is 1.19. The molecule has 2 aromatic rings. The molecule has 0 spiro atoms. The average Bonchev–Trinajstić information content (AvgIpc) is 2.87. The van der Waals surface area contributed by atoms with E-state index >= 15 is 0 Å². The molecule has 1 aliphatic heterocycles. The molecule has 1 saturated heterocycles. The Balaban J connectivity index is 1.99. The van der Waals surface area contributed by atoms with E-state index in [-0.39, 0.29) is 17.6 Å². The standard InChI is InChI=1S/C17H18N4O2S/c18-16(24)19-20-17(23)11-14(12-7-3-1-4-8-12)21(15(17)22)13-9-5-2-6-10-13/h1-10,14,20,23H,11H2,(H3,18,19,24). The Kier molecular flexibility index (Phi) is 4.48. The van der Waals surface area contributed by atoms with Gasteiger partial charge in [-0.05, 0) is 29.9 Å². The quantitative estimate of drug-likeness (QED) is 0.379. The number of carbonyl (C=O) groups excluding carboxylic acids is 1. The van der Waals surface area contributed by atoms with Gasteiger partial charge in [-0.2, -0.15) is 5.43 Å². The van der Waals surface area contributed by atoms with Crippen molar-refractivity contribution in [2.24, 2.45) is 5.73 Å². The molecule has 2 aromatic carbocycles. The third-order valence-corrected chi connectivity index (χ3v) is 4.09. The highest BCUT2D eigenvalue weighted by Gasteiger charge is 2.52. The molecule has 2 atom stereocenters. The van der Waals surface area contributed by atoms with Crippen LogP contribution in [0.2, 0.25) is 0 Å². The number of nitrogens with one attached hydrogen (secondary N) is 2. The second-order valence-corrected chi connectivity index (χ2v) is 6.06. The molecular weight excluding hydrogens is 324 g/mol. The van der Waals surface area contributed by atoms with Crippen LogP contribution in [-0.4, -0.2) is 21.9 Å². The summed E-state index contributed by atoms with van der Waals surface area (Å²) in [5.74, 6) is -0.466. The first-order valence-electron chi connectivity index (χ1n) is 7.50. The summed E-state index contributed by atoms with van der Waals surface area (Å²) >= 11 is 4.73. The number of rotatable bonds is 4. The number of aliphatic hydroxyl groups is 1. The first-order valence-corrected chi connectivity index (χ1v) is 7.91. The van der Waals surface area contributed by atoms with E-state index in [1.807, 2.05) is 60.7 Å². The monoisotopic (exact) mass is 342 g/mol. The second kappa shape index (κ2) is 6.56. The number of nitrogens with zero attached hydrogens (tertiary/aromatic N) is 1. The maximum atomic E-state index is 12.9. The SMILES string of the molecule is NC(=S)NNC1(O)CC(c2ccccc2)N(c2ccccc2)C1=O. The van der Waals surface area contributed by atoms with Crippen LogP contribution < -0.4 is 21.5 Å². The summed E-state index contributed by atoms with van der Waals surface area (Å²) < 4.78 is 0. The number of para-hydroxylation sites is 1. The van der Waals surface area contributed by atoms with Crippen LogP contribution in [0.3, 0.4) is 0 Å². The molecule has 0 radical (unpaired) electrons. The minimum absolute atomic E-state index is 0.0503. The summed E-state index contributed by atoms with van der Waals surface area (Å²) in [6.45, 7) is 0. The number of nitrogens with two attached hydrogens (primary N) is 1. The maximum Gasteiger partial charge on any atom is 0.276 e. The lowest BCUT2D eigenvalue weighted by molar-refractivity contribution is -0.137. The molecule has 1 heterocycles. The van der Waals surface area contributed by atoms with Crippen LogP contribution in [0.4, 0.5) is 5.69 Å². The molecule has 0 bridgehead atoms. The molecule has 7 heteroatoms. The number of benzene rings is 2. The summed E-state index contributed by atoms with van der Waals surface area (Å²) in [5, 5.41) is 10.7. The first-order chi connectivity index (χ1) is 11.5. The van der Waals surface area contributed by atoms with Gasteiger partial charge in [-0.25, -0.2) is 0 Å². The van der Waals surface area contributed by atoms with Crippen LogP contribution in [0.25, 0.3) is 0 Å². The van der Waals surface area contributed by atoms with E-state index in [0.717, 1.165) is 5.56 Å². The van der Waals surface area contributed by atoms with E-state index in [1.54, 1.807) is 4.90 Å². The van der Waals surface area contributed by atoms with Crippen molar-refractivity contribution in [2.45, 2.75) is 18.2 Å². The van der Waals surface area contributed by atoms with E-state index in [0.29, 0.717) is 5.69 Å². The predicted molar refractivity (Wildman–Crippen MR) is 95.7 cm³/mol. The fourth-order valence-corrected chi connectivity index (χ4v) is 2.95. The molecule has 1 aliphatic rings. The van der Waals surface area contributed by atoms with Crippen molar-refractivity contribution in [3.63, 3.8) is 0 Å². The summed E-state index contributed by atoms with van der Waals surface area (Å²) in [5.41, 5.74) is 10.2. The fraction of sp³-hybridized carbons (Fsp3) is 0.176. The Morgan fingerprint density at radius 1 is 1.17 bits per heavy atom. The number of hydrogen-bond donors (Lipinski definition) is 4. The third-order valence-electron chi connectivity index (χ3n) is 3.98. The van der Waals surface area contributed by atoms with Gasteiger partial charge in [-0.3, -0.25) is 10.2 Å². The number of hydrazine groups is 1. The first kappa shape index (κ1) is 16.4. The second-order valence-electron chi connectivity index (χ2n) is 5.62. The molecule has 1 fully saturated rings. The van der Waals surface area contributed by atoms with Gasteiger partial charge < -0.3 is 15.7 Å². The number of hydrogen-bond acceptors (Lipinski definition) is 4. The van der Waals surface area contributed by atoms with E-state index < -0.39 is 11.6 Å². The lowest BCUT2D eigenvalue weighted by atomic mass is 10.0. The van der Waals surface area contributed by atoms with Crippen molar-refractivity contribution in [3.8, 4) is 0 Å². The van der Waals surface area contributed by atoms with Gasteiger partial charge in [0.15, 0.2) is 5.11 Å². The van der Waals surface area contributed by atoms with E-state index in [2.05, 4.69) is 10.9 Å². The Bertz CT molecular complexity index is 741. The summed E-state index contributed by atoms with van der Waals surface area (Å²) in [4.78, 5) is 14.5. The summed E-state index contributed by atoms with van der Waals surface area (Å²) in [7, 11) is 0. The van der Waals surface area contributed by atoms with Crippen LogP contribution in [0.1, 0.15) is 18.0 Å². The van der Waals surface area contributed by atoms with Gasteiger partial charge in [0.25, 0.3) is 5.91 Å². The van der Waals surface area contributed by atoms with Gasteiger partial charge in [0.1, 0.15) is 0 Å². The molecule has 5 N–H and O–H groups in total. The molecule has 124 valence electrons. The topological polar surface area (TPSA) is 90.6 Å². The number of amides is 1. The highest BCUT2D eigenvalue weighted by atomic mass is 32.1. The van der Waals surface area contributed by atoms with E-state index in [9.17, 15) is 9.90 Å². The van der Waals surface area contributed by atoms with E-state index in [4.69, 9.17) is 18.0 Å². The Morgan fingerprint density at radius 3 is 2.33 bits per heavy atom. The highest BCUT2D eigenvalue weighted by molar-refractivity contribution is 7.80. The normalized spacial score (nSPS) is 23.3. The van der Waals surface area contributed by atoms with Crippen molar-refractivity contribution in [2.75, 3.05) is 4.90 Å². The van der Waals surface area contributed by atoms with Crippen molar-refractivity contribution in [3.05, 3.63) is 66.2 Å². The van der Waals surface area contributed by atoms with Crippen molar-refractivity contribution in [1.82, 2.24) is 10.9 Å². The Hall–Kier alpha value is -2.48. The van der Waals surface area contributed by atoms with Gasteiger partial charge in [-0.15, -0.1) is 0 Å². The molecule has 2 unspecified atom stereocenters. The minimum atomic E-state index is -1.81. The van der Waals surface area contributed by atoms with Crippen LogP contribution in [0.5, 0.6) is 0 Å².